The van der Waals surface area contributed by atoms with E-state index in [4.69, 9.17) is 0 Å². The first-order valence-electron chi connectivity index (χ1n) is 9.28. The van der Waals surface area contributed by atoms with E-state index in [1.54, 1.807) is 24.3 Å². The molecule has 2 heterocycles. The molecule has 0 unspecified atom stereocenters. The van der Waals surface area contributed by atoms with E-state index in [0.717, 1.165) is 42.4 Å². The number of carbonyl (C=O) groups excluding carboxylic acids is 2. The molecule has 0 radical (unpaired) electrons. The van der Waals surface area contributed by atoms with Crippen LogP contribution in [0.3, 0.4) is 0 Å². The number of nitrogens with one attached hydrogen (secondary N) is 2. The van der Waals surface area contributed by atoms with Gasteiger partial charge >= 0.3 is 0 Å². The molecule has 6 heteroatoms. The van der Waals surface area contributed by atoms with Gasteiger partial charge in [-0.1, -0.05) is 12.1 Å². The molecule has 2 amide bonds. The van der Waals surface area contributed by atoms with Crippen LogP contribution in [0, 0.1) is 6.92 Å². The summed E-state index contributed by atoms with van der Waals surface area (Å²) in [6.07, 6.45) is 2.85. The molecule has 1 aromatic heterocycles. The van der Waals surface area contributed by atoms with Crippen LogP contribution in [0.25, 0.3) is 11.0 Å². The van der Waals surface area contributed by atoms with E-state index in [2.05, 4.69) is 32.3 Å². The van der Waals surface area contributed by atoms with Crippen LogP contribution in [0.15, 0.2) is 42.5 Å². The quantitative estimate of drug-likeness (QED) is 0.642. The minimum absolute atomic E-state index is 0.149. The van der Waals surface area contributed by atoms with Crippen molar-refractivity contribution in [2.24, 2.45) is 0 Å². The Morgan fingerprint density at radius 2 is 1.78 bits per heavy atom. The number of rotatable bonds is 0. The summed E-state index contributed by atoms with van der Waals surface area (Å²) < 4.78 is 2.07. The lowest BCUT2D eigenvalue weighted by Crippen LogP contribution is -2.25. The number of anilines is 1. The smallest absolute Gasteiger partial charge is 0.257 e. The van der Waals surface area contributed by atoms with Crippen LogP contribution in [0.1, 0.15) is 45.5 Å². The molecular formula is C21H22N4O2. The highest BCUT2D eigenvalue weighted by molar-refractivity contribution is 6.06. The maximum Gasteiger partial charge on any atom is 0.257 e. The van der Waals surface area contributed by atoms with Gasteiger partial charge in [0.2, 0.25) is 5.95 Å². The fourth-order valence-electron chi connectivity index (χ4n) is 3.41. The Hall–Kier alpha value is -3.15. The van der Waals surface area contributed by atoms with E-state index in [0.29, 0.717) is 23.6 Å². The van der Waals surface area contributed by atoms with Gasteiger partial charge in [-0.15, -0.1) is 0 Å². The lowest BCUT2D eigenvalue weighted by Gasteiger charge is -2.12. The van der Waals surface area contributed by atoms with Crippen molar-refractivity contribution in [1.29, 1.82) is 0 Å². The Morgan fingerprint density at radius 1 is 0.963 bits per heavy atom. The topological polar surface area (TPSA) is 76.0 Å². The van der Waals surface area contributed by atoms with Crippen molar-refractivity contribution < 1.29 is 9.59 Å². The molecule has 0 aliphatic carbocycles. The zero-order chi connectivity index (χ0) is 18.8. The Morgan fingerprint density at radius 3 is 2.63 bits per heavy atom. The summed E-state index contributed by atoms with van der Waals surface area (Å²) >= 11 is 0. The van der Waals surface area contributed by atoms with Gasteiger partial charge in [0.1, 0.15) is 0 Å². The highest BCUT2D eigenvalue weighted by atomic mass is 16.2. The highest BCUT2D eigenvalue weighted by Gasteiger charge is 2.16. The summed E-state index contributed by atoms with van der Waals surface area (Å²) in [4.78, 5) is 29.6. The second kappa shape index (κ2) is 7.23. The zero-order valence-electron chi connectivity index (χ0n) is 15.3. The van der Waals surface area contributed by atoms with E-state index in [-0.39, 0.29) is 11.8 Å². The second-order valence-electron chi connectivity index (χ2n) is 6.93. The number of imidazole rings is 1. The maximum absolute atomic E-state index is 12.8. The van der Waals surface area contributed by atoms with E-state index < -0.39 is 0 Å². The summed E-state index contributed by atoms with van der Waals surface area (Å²) in [7, 11) is 0. The van der Waals surface area contributed by atoms with Crippen LogP contribution in [0.5, 0.6) is 0 Å². The molecule has 0 saturated heterocycles. The normalized spacial score (nSPS) is 15.6. The molecule has 4 rings (SSSR count). The molecule has 0 spiro atoms. The SMILES string of the molecule is Cc1ccc2c(c1)nc1n2CCCCCNC(=O)c2cccc(c2)C(=O)N1. The largest absolute Gasteiger partial charge is 0.352 e. The van der Waals surface area contributed by atoms with Crippen molar-refractivity contribution in [3.8, 4) is 0 Å². The number of benzene rings is 2. The lowest BCUT2D eigenvalue weighted by molar-refractivity contribution is 0.0953. The summed E-state index contributed by atoms with van der Waals surface area (Å²) in [5.74, 6) is 0.131. The molecule has 0 saturated carbocycles. The molecular weight excluding hydrogens is 340 g/mol. The van der Waals surface area contributed by atoms with Crippen LogP contribution >= 0.6 is 0 Å². The van der Waals surface area contributed by atoms with Crippen molar-refractivity contribution in [2.45, 2.75) is 32.7 Å². The van der Waals surface area contributed by atoms with E-state index in [1.807, 2.05) is 13.0 Å². The number of hydrogen-bond acceptors (Lipinski definition) is 3. The first kappa shape index (κ1) is 17.3. The molecule has 2 N–H and O–H groups in total. The van der Waals surface area contributed by atoms with Gasteiger partial charge in [0.25, 0.3) is 11.8 Å². The fraction of sp³-hybridized carbons (Fsp3) is 0.286. The number of carbonyl (C=O) groups is 2. The summed E-state index contributed by atoms with van der Waals surface area (Å²) in [6.45, 7) is 3.43. The Kier molecular flexibility index (Phi) is 4.62. The molecule has 0 atom stereocenters. The predicted octanol–water partition coefficient (Wildman–Crippen LogP) is 3.51. The van der Waals surface area contributed by atoms with Gasteiger partial charge < -0.3 is 9.88 Å². The third-order valence-electron chi connectivity index (χ3n) is 4.86. The molecule has 3 aromatic rings. The number of fused-ring (bicyclic) bond motifs is 5. The minimum atomic E-state index is -0.269. The summed E-state index contributed by atoms with van der Waals surface area (Å²) in [6, 6.07) is 12.9. The number of nitrogens with zero attached hydrogens (tertiary/aromatic N) is 2. The van der Waals surface area contributed by atoms with Crippen LogP contribution in [0.2, 0.25) is 0 Å². The van der Waals surface area contributed by atoms with Gasteiger partial charge in [-0.3, -0.25) is 14.9 Å². The standard InChI is InChI=1S/C21H22N4O2/c1-14-8-9-18-17(12-14)23-21-24-20(27)16-7-5-6-15(13-16)19(26)22-10-3-2-4-11-25(18)21/h5-9,12-13H,2-4,10-11H2,1H3,(H,22,26)(H,23,24,27). The van der Waals surface area contributed by atoms with Crippen molar-refractivity contribution in [3.05, 3.63) is 59.2 Å². The molecule has 1 aliphatic rings. The van der Waals surface area contributed by atoms with Gasteiger partial charge in [0.05, 0.1) is 11.0 Å². The third-order valence-corrected chi connectivity index (χ3v) is 4.86. The highest BCUT2D eigenvalue weighted by Crippen LogP contribution is 2.23. The van der Waals surface area contributed by atoms with Gasteiger partial charge in [-0.05, 0) is 62.1 Å². The average Bonchev–Trinajstić information content (AvgIpc) is 2.99. The zero-order valence-corrected chi connectivity index (χ0v) is 15.3. The van der Waals surface area contributed by atoms with E-state index >= 15 is 0 Å². The van der Waals surface area contributed by atoms with Gasteiger partial charge in [-0.25, -0.2) is 4.98 Å². The Balaban J connectivity index is 1.75. The summed E-state index contributed by atoms with van der Waals surface area (Å²) in [5.41, 5.74) is 3.96. The molecule has 0 fully saturated rings. The molecule has 27 heavy (non-hydrogen) atoms. The first-order chi connectivity index (χ1) is 13.1. The molecule has 138 valence electrons. The molecule has 2 aromatic carbocycles. The average molecular weight is 362 g/mol. The predicted molar refractivity (Wildman–Crippen MR) is 105 cm³/mol. The Labute approximate surface area is 157 Å². The van der Waals surface area contributed by atoms with Crippen molar-refractivity contribution in [2.75, 3.05) is 11.9 Å². The van der Waals surface area contributed by atoms with Crippen LogP contribution in [-0.4, -0.2) is 27.9 Å². The number of aromatic nitrogens is 2. The Bertz CT molecular complexity index is 1020. The van der Waals surface area contributed by atoms with Crippen molar-refractivity contribution in [1.82, 2.24) is 14.9 Å². The van der Waals surface area contributed by atoms with Crippen LogP contribution in [0.4, 0.5) is 5.95 Å². The van der Waals surface area contributed by atoms with Crippen molar-refractivity contribution >= 4 is 28.8 Å². The molecule has 1 aliphatic heterocycles. The van der Waals surface area contributed by atoms with Gasteiger partial charge in [-0.2, -0.15) is 0 Å². The third kappa shape index (κ3) is 3.56. The second-order valence-corrected chi connectivity index (χ2v) is 6.93. The monoisotopic (exact) mass is 362 g/mol. The maximum atomic E-state index is 12.8. The van der Waals surface area contributed by atoms with Crippen molar-refractivity contribution in [3.63, 3.8) is 0 Å². The van der Waals surface area contributed by atoms with Gasteiger partial charge in [0.15, 0.2) is 0 Å². The minimum Gasteiger partial charge on any atom is -0.352 e. The van der Waals surface area contributed by atoms with E-state index in [1.165, 1.54) is 0 Å². The molecule has 6 nitrogen and oxygen atoms in total. The molecule has 2 bridgehead atoms. The van der Waals surface area contributed by atoms with Crippen LogP contribution in [-0.2, 0) is 6.54 Å². The number of amides is 2. The summed E-state index contributed by atoms with van der Waals surface area (Å²) in [5, 5.41) is 5.85. The fourth-order valence-corrected chi connectivity index (χ4v) is 3.41. The van der Waals surface area contributed by atoms with Crippen LogP contribution < -0.4 is 10.6 Å². The lowest BCUT2D eigenvalue weighted by atomic mass is 10.1. The number of hydrogen-bond donors (Lipinski definition) is 2. The van der Waals surface area contributed by atoms with Gasteiger partial charge in [0, 0.05) is 24.2 Å². The first-order valence-corrected chi connectivity index (χ1v) is 9.28. The van der Waals surface area contributed by atoms with E-state index in [9.17, 15) is 9.59 Å². The number of aryl methyl sites for hydroxylation is 2.